The average molecular weight is 323 g/mol. The van der Waals surface area contributed by atoms with Gasteiger partial charge in [0, 0.05) is 10.4 Å². The Hall–Kier alpha value is -1.39. The van der Waals surface area contributed by atoms with Gasteiger partial charge in [0.2, 0.25) is 0 Å². The maximum absolute atomic E-state index is 5.84. The van der Waals surface area contributed by atoms with Crippen LogP contribution in [0.3, 0.4) is 0 Å². The van der Waals surface area contributed by atoms with Crippen molar-refractivity contribution in [2.75, 3.05) is 0 Å². The molecule has 3 aromatic rings. The zero-order valence-corrected chi connectivity index (χ0v) is 11.7. The van der Waals surface area contributed by atoms with Crippen molar-refractivity contribution in [1.29, 1.82) is 0 Å². The molecule has 0 aliphatic carbocycles. The number of nitrogens with zero attached hydrogens (tertiary/aromatic N) is 3. The quantitative estimate of drug-likeness (QED) is 0.669. The van der Waals surface area contributed by atoms with Crippen LogP contribution in [0.1, 0.15) is 5.56 Å². The summed E-state index contributed by atoms with van der Waals surface area (Å²) < 4.78 is 2.80. The van der Waals surface area contributed by atoms with Gasteiger partial charge in [-0.05, 0) is 29.8 Å². The molecule has 1 heterocycles. The van der Waals surface area contributed by atoms with Gasteiger partial charge >= 0.3 is 0 Å². The molecule has 18 heavy (non-hydrogen) atoms. The fourth-order valence-corrected chi connectivity index (χ4v) is 2.74. The van der Waals surface area contributed by atoms with Crippen molar-refractivity contribution < 1.29 is 0 Å². The Morgan fingerprint density at radius 2 is 2.00 bits per heavy atom. The number of rotatable bonds is 2. The van der Waals surface area contributed by atoms with Gasteiger partial charge in [0.25, 0.3) is 0 Å². The number of hydrogen-bond donors (Lipinski definition) is 0. The number of alkyl halides is 1. The minimum atomic E-state index is 0.485. The van der Waals surface area contributed by atoms with Crippen LogP contribution in [0, 0.1) is 0 Å². The molecule has 0 bridgehead atoms. The Bertz CT molecular complexity index is 708. The predicted molar refractivity (Wildman–Crippen MR) is 76.1 cm³/mol. The summed E-state index contributed by atoms with van der Waals surface area (Å²) in [5.74, 6) is 0.485. The maximum atomic E-state index is 5.84. The van der Waals surface area contributed by atoms with E-state index in [4.69, 9.17) is 11.6 Å². The summed E-state index contributed by atoms with van der Waals surface area (Å²) >= 11 is 9.35. The molecular weight excluding hydrogens is 314 g/mol. The van der Waals surface area contributed by atoms with E-state index >= 15 is 0 Å². The van der Waals surface area contributed by atoms with E-state index in [1.165, 1.54) is 0 Å². The van der Waals surface area contributed by atoms with Gasteiger partial charge in [0.15, 0.2) is 0 Å². The van der Waals surface area contributed by atoms with Crippen molar-refractivity contribution in [3.05, 3.63) is 52.5 Å². The number of fused-ring (bicyclic) bond motifs is 1. The van der Waals surface area contributed by atoms with Crippen LogP contribution in [0.2, 0.25) is 0 Å². The monoisotopic (exact) mass is 321 g/mol. The molecule has 3 nitrogen and oxygen atoms in total. The molecule has 0 amide bonds. The Kier molecular flexibility index (Phi) is 3.06. The summed E-state index contributed by atoms with van der Waals surface area (Å²) in [6, 6.07) is 13.9. The highest BCUT2D eigenvalue weighted by Crippen LogP contribution is 2.23. The molecule has 0 aliphatic rings. The normalized spacial score (nSPS) is 11.0. The summed E-state index contributed by atoms with van der Waals surface area (Å²) in [6.45, 7) is 0. The number of para-hydroxylation sites is 1. The van der Waals surface area contributed by atoms with Crippen LogP contribution in [-0.4, -0.2) is 15.0 Å². The van der Waals surface area contributed by atoms with E-state index in [-0.39, 0.29) is 0 Å². The van der Waals surface area contributed by atoms with Crippen molar-refractivity contribution in [1.82, 2.24) is 15.0 Å². The standard InChI is InChI=1S/C13H9BrClN3/c14-11-7-10(6-5-9(11)8-15)18-13-4-2-1-3-12(13)16-17-18/h1-7H,8H2. The van der Waals surface area contributed by atoms with Crippen molar-refractivity contribution in [3.63, 3.8) is 0 Å². The van der Waals surface area contributed by atoms with Crippen molar-refractivity contribution in [2.45, 2.75) is 5.88 Å². The van der Waals surface area contributed by atoms with Gasteiger partial charge in [-0.15, -0.1) is 16.7 Å². The van der Waals surface area contributed by atoms with Crippen molar-refractivity contribution >= 4 is 38.6 Å². The SMILES string of the molecule is ClCc1ccc(-n2nnc3ccccc32)cc1Br. The fraction of sp³-hybridized carbons (Fsp3) is 0.0769. The molecule has 0 fully saturated rings. The van der Waals surface area contributed by atoms with Gasteiger partial charge in [-0.25, -0.2) is 4.68 Å². The fourth-order valence-electron chi connectivity index (χ4n) is 1.84. The first-order chi connectivity index (χ1) is 8.79. The van der Waals surface area contributed by atoms with Crippen molar-refractivity contribution in [2.24, 2.45) is 0 Å². The number of hydrogen-bond acceptors (Lipinski definition) is 2. The second kappa shape index (κ2) is 4.71. The molecule has 0 atom stereocenters. The van der Waals surface area contributed by atoms with Gasteiger partial charge < -0.3 is 0 Å². The van der Waals surface area contributed by atoms with Gasteiger partial charge in [0.05, 0.1) is 11.2 Å². The Labute approximate surface area is 118 Å². The summed E-state index contributed by atoms with van der Waals surface area (Å²) in [4.78, 5) is 0. The second-order valence-electron chi connectivity index (χ2n) is 3.90. The highest BCUT2D eigenvalue weighted by molar-refractivity contribution is 9.10. The Morgan fingerprint density at radius 1 is 1.17 bits per heavy atom. The summed E-state index contributed by atoms with van der Waals surface area (Å²) in [5.41, 5.74) is 3.90. The number of halogens is 2. The zero-order chi connectivity index (χ0) is 12.5. The highest BCUT2D eigenvalue weighted by Gasteiger charge is 2.07. The van der Waals surface area contributed by atoms with E-state index in [1.807, 2.05) is 47.1 Å². The third kappa shape index (κ3) is 1.91. The summed E-state index contributed by atoms with van der Waals surface area (Å²) in [5, 5.41) is 8.31. The average Bonchev–Trinajstić information content (AvgIpc) is 2.82. The van der Waals surface area contributed by atoms with E-state index in [0.29, 0.717) is 5.88 Å². The third-order valence-corrected chi connectivity index (χ3v) is 3.80. The first kappa shape index (κ1) is 11.7. The molecule has 0 saturated carbocycles. The minimum absolute atomic E-state index is 0.485. The molecule has 2 aromatic carbocycles. The zero-order valence-electron chi connectivity index (χ0n) is 9.35. The van der Waals surface area contributed by atoms with E-state index in [0.717, 1.165) is 26.8 Å². The minimum Gasteiger partial charge on any atom is -0.213 e. The van der Waals surface area contributed by atoms with Gasteiger partial charge in [-0.2, -0.15) is 0 Å². The van der Waals surface area contributed by atoms with Crippen LogP contribution in [-0.2, 0) is 5.88 Å². The lowest BCUT2D eigenvalue weighted by molar-refractivity contribution is 0.823. The van der Waals surface area contributed by atoms with Crippen LogP contribution in [0.15, 0.2) is 46.9 Å². The topological polar surface area (TPSA) is 30.7 Å². The number of benzene rings is 2. The predicted octanol–water partition coefficient (Wildman–Crippen LogP) is 3.92. The molecule has 90 valence electrons. The molecule has 0 unspecified atom stereocenters. The first-order valence-corrected chi connectivity index (χ1v) is 6.77. The molecule has 5 heteroatoms. The van der Waals surface area contributed by atoms with Gasteiger partial charge in [0.1, 0.15) is 5.52 Å². The lowest BCUT2D eigenvalue weighted by Crippen LogP contribution is -1.97. The van der Waals surface area contributed by atoms with E-state index in [1.54, 1.807) is 0 Å². The van der Waals surface area contributed by atoms with Gasteiger partial charge in [-0.1, -0.05) is 39.3 Å². The van der Waals surface area contributed by atoms with E-state index in [9.17, 15) is 0 Å². The van der Waals surface area contributed by atoms with Crippen LogP contribution in [0.25, 0.3) is 16.7 Å². The Balaban J connectivity index is 2.17. The molecule has 0 saturated heterocycles. The maximum Gasteiger partial charge on any atom is 0.113 e. The van der Waals surface area contributed by atoms with Crippen LogP contribution in [0.5, 0.6) is 0 Å². The summed E-state index contributed by atoms with van der Waals surface area (Å²) in [6.07, 6.45) is 0. The number of aromatic nitrogens is 3. The molecule has 0 spiro atoms. The Morgan fingerprint density at radius 3 is 2.78 bits per heavy atom. The molecular formula is C13H9BrClN3. The smallest absolute Gasteiger partial charge is 0.113 e. The third-order valence-electron chi connectivity index (χ3n) is 2.78. The van der Waals surface area contributed by atoms with Crippen LogP contribution < -0.4 is 0 Å². The van der Waals surface area contributed by atoms with Crippen LogP contribution in [0.4, 0.5) is 0 Å². The largest absolute Gasteiger partial charge is 0.213 e. The molecule has 3 rings (SSSR count). The highest BCUT2D eigenvalue weighted by atomic mass is 79.9. The molecule has 1 aromatic heterocycles. The van der Waals surface area contributed by atoms with Gasteiger partial charge in [-0.3, -0.25) is 0 Å². The van der Waals surface area contributed by atoms with E-state index in [2.05, 4.69) is 26.2 Å². The van der Waals surface area contributed by atoms with Crippen molar-refractivity contribution in [3.8, 4) is 5.69 Å². The van der Waals surface area contributed by atoms with Crippen LogP contribution >= 0.6 is 27.5 Å². The van der Waals surface area contributed by atoms with E-state index < -0.39 is 0 Å². The lowest BCUT2D eigenvalue weighted by Gasteiger charge is -2.05. The summed E-state index contributed by atoms with van der Waals surface area (Å²) in [7, 11) is 0. The first-order valence-electron chi connectivity index (χ1n) is 5.45. The second-order valence-corrected chi connectivity index (χ2v) is 5.02. The molecule has 0 aliphatic heterocycles. The molecule has 0 radical (unpaired) electrons. The lowest BCUT2D eigenvalue weighted by atomic mass is 10.2. The molecule has 0 N–H and O–H groups in total.